The second kappa shape index (κ2) is 5.93. The highest BCUT2D eigenvalue weighted by molar-refractivity contribution is 5.47. The molecule has 108 valence electrons. The fraction of sp³-hybridized carbons (Fsp3) is 0.250. The van der Waals surface area contributed by atoms with Crippen LogP contribution in [0.4, 0.5) is 0 Å². The molecule has 2 aromatic heterocycles. The number of hydrogen-bond donors (Lipinski definition) is 1. The van der Waals surface area contributed by atoms with Crippen LogP contribution in [-0.2, 0) is 6.54 Å². The summed E-state index contributed by atoms with van der Waals surface area (Å²) in [6, 6.07) is 13.3. The van der Waals surface area contributed by atoms with Crippen molar-refractivity contribution in [2.24, 2.45) is 0 Å². The minimum atomic E-state index is -0.0468. The van der Waals surface area contributed by atoms with Crippen molar-refractivity contribution in [2.75, 3.05) is 6.54 Å². The minimum absolute atomic E-state index is 0.0468. The van der Waals surface area contributed by atoms with Crippen LogP contribution in [0.25, 0.3) is 11.2 Å². The zero-order valence-electron chi connectivity index (χ0n) is 12.0. The predicted molar refractivity (Wildman–Crippen MR) is 82.8 cm³/mol. The van der Waals surface area contributed by atoms with Gasteiger partial charge in [0.25, 0.3) is 5.56 Å². The van der Waals surface area contributed by atoms with E-state index in [2.05, 4.69) is 17.3 Å². The van der Waals surface area contributed by atoms with Gasteiger partial charge in [-0.25, -0.2) is 4.52 Å². The number of nitrogens with one attached hydrogen (secondary N) is 1. The molecular formula is C16H18N4O. The van der Waals surface area contributed by atoms with E-state index in [1.165, 1.54) is 0 Å². The van der Waals surface area contributed by atoms with Crippen molar-refractivity contribution in [3.63, 3.8) is 0 Å². The van der Waals surface area contributed by atoms with Crippen molar-refractivity contribution < 1.29 is 0 Å². The van der Waals surface area contributed by atoms with Gasteiger partial charge in [0.05, 0.1) is 12.2 Å². The summed E-state index contributed by atoms with van der Waals surface area (Å²) in [5.74, 6) is 0.711. The van der Waals surface area contributed by atoms with Gasteiger partial charge in [-0.15, -0.1) is 0 Å². The number of fused-ring (bicyclic) bond motifs is 1. The lowest BCUT2D eigenvalue weighted by Crippen LogP contribution is -2.29. The normalized spacial score (nSPS) is 11.1. The second-order valence-corrected chi connectivity index (χ2v) is 4.91. The highest BCUT2D eigenvalue weighted by Gasteiger charge is 2.12. The fourth-order valence-corrected chi connectivity index (χ4v) is 2.36. The van der Waals surface area contributed by atoms with Gasteiger partial charge in [-0.2, -0.15) is 5.10 Å². The standard InChI is InChI=1S/C16H18N4O/c1-2-10-17-12-15-18-19-11-6-9-14(19)16(21)20(15)13-7-4-3-5-8-13/h3-9,11,17H,2,10,12H2,1H3. The lowest BCUT2D eigenvalue weighted by atomic mass is 10.3. The average molecular weight is 282 g/mol. The molecule has 0 amide bonds. The quantitative estimate of drug-likeness (QED) is 0.728. The first-order valence-corrected chi connectivity index (χ1v) is 7.16. The molecule has 0 aliphatic heterocycles. The lowest BCUT2D eigenvalue weighted by Gasteiger charge is -2.13. The van der Waals surface area contributed by atoms with E-state index >= 15 is 0 Å². The summed E-state index contributed by atoms with van der Waals surface area (Å²) in [5.41, 5.74) is 1.37. The topological polar surface area (TPSA) is 51.3 Å². The molecule has 1 aromatic carbocycles. The Morgan fingerprint density at radius 2 is 1.95 bits per heavy atom. The average Bonchev–Trinajstić information content (AvgIpc) is 2.97. The number of nitrogens with zero attached hydrogens (tertiary/aromatic N) is 3. The van der Waals surface area contributed by atoms with Crippen molar-refractivity contribution in [1.82, 2.24) is 19.5 Å². The Hall–Kier alpha value is -2.40. The summed E-state index contributed by atoms with van der Waals surface area (Å²) >= 11 is 0. The molecule has 0 atom stereocenters. The third-order valence-corrected chi connectivity index (χ3v) is 3.36. The van der Waals surface area contributed by atoms with Crippen LogP contribution in [-0.4, -0.2) is 20.7 Å². The van der Waals surface area contributed by atoms with Gasteiger partial charge in [0.2, 0.25) is 0 Å². The number of rotatable bonds is 5. The van der Waals surface area contributed by atoms with Crippen molar-refractivity contribution in [2.45, 2.75) is 19.9 Å². The summed E-state index contributed by atoms with van der Waals surface area (Å²) < 4.78 is 3.32. The van der Waals surface area contributed by atoms with Gasteiger partial charge >= 0.3 is 0 Å². The van der Waals surface area contributed by atoms with Crippen molar-refractivity contribution in [3.05, 3.63) is 64.8 Å². The van der Waals surface area contributed by atoms with Gasteiger partial charge in [-0.05, 0) is 37.2 Å². The van der Waals surface area contributed by atoms with E-state index in [1.54, 1.807) is 21.3 Å². The highest BCUT2D eigenvalue weighted by Crippen LogP contribution is 2.08. The SMILES string of the molecule is CCCNCc1nn2cccc2c(=O)n1-c1ccccc1. The molecule has 21 heavy (non-hydrogen) atoms. The van der Waals surface area contributed by atoms with Crippen LogP contribution < -0.4 is 10.9 Å². The van der Waals surface area contributed by atoms with Crippen molar-refractivity contribution >= 4 is 5.52 Å². The van der Waals surface area contributed by atoms with E-state index in [9.17, 15) is 4.79 Å². The van der Waals surface area contributed by atoms with E-state index in [4.69, 9.17) is 0 Å². The second-order valence-electron chi connectivity index (χ2n) is 4.91. The molecule has 5 nitrogen and oxygen atoms in total. The molecule has 0 fully saturated rings. The molecule has 3 rings (SSSR count). The largest absolute Gasteiger partial charge is 0.310 e. The van der Waals surface area contributed by atoms with Gasteiger partial charge in [0, 0.05) is 6.20 Å². The molecule has 0 spiro atoms. The molecule has 0 radical (unpaired) electrons. The third-order valence-electron chi connectivity index (χ3n) is 3.36. The molecule has 2 heterocycles. The van der Waals surface area contributed by atoms with E-state index in [-0.39, 0.29) is 5.56 Å². The molecule has 0 aliphatic rings. The summed E-state index contributed by atoms with van der Waals surface area (Å²) in [6.45, 7) is 3.57. The Morgan fingerprint density at radius 1 is 1.14 bits per heavy atom. The summed E-state index contributed by atoms with van der Waals surface area (Å²) in [4.78, 5) is 12.7. The maximum absolute atomic E-state index is 12.7. The van der Waals surface area contributed by atoms with Crippen LogP contribution >= 0.6 is 0 Å². The maximum atomic E-state index is 12.7. The highest BCUT2D eigenvalue weighted by atomic mass is 16.1. The van der Waals surface area contributed by atoms with E-state index in [0.717, 1.165) is 18.7 Å². The molecule has 5 heteroatoms. The Labute approximate surface area is 122 Å². The van der Waals surface area contributed by atoms with Crippen molar-refractivity contribution in [3.8, 4) is 5.69 Å². The summed E-state index contributed by atoms with van der Waals surface area (Å²) in [5, 5.41) is 7.87. The summed E-state index contributed by atoms with van der Waals surface area (Å²) in [7, 11) is 0. The third kappa shape index (κ3) is 2.60. The molecule has 0 unspecified atom stereocenters. The van der Waals surface area contributed by atoms with Crippen LogP contribution in [0.3, 0.4) is 0 Å². The van der Waals surface area contributed by atoms with Crippen LogP contribution in [0.5, 0.6) is 0 Å². The van der Waals surface area contributed by atoms with Gasteiger partial charge in [0.1, 0.15) is 5.52 Å². The number of hydrogen-bond acceptors (Lipinski definition) is 3. The lowest BCUT2D eigenvalue weighted by molar-refractivity contribution is 0.612. The van der Waals surface area contributed by atoms with Gasteiger partial charge in [0.15, 0.2) is 5.82 Å². The van der Waals surface area contributed by atoms with Crippen LogP contribution in [0.15, 0.2) is 53.5 Å². The first-order valence-electron chi connectivity index (χ1n) is 7.16. The minimum Gasteiger partial charge on any atom is -0.310 e. The first kappa shape index (κ1) is 13.6. The molecular weight excluding hydrogens is 264 g/mol. The number of benzene rings is 1. The molecule has 0 saturated heterocycles. The molecule has 0 bridgehead atoms. The Kier molecular flexibility index (Phi) is 3.83. The molecule has 3 aromatic rings. The van der Waals surface area contributed by atoms with Gasteiger partial charge in [-0.3, -0.25) is 9.36 Å². The monoisotopic (exact) mass is 282 g/mol. The van der Waals surface area contributed by atoms with E-state index < -0.39 is 0 Å². The number of para-hydroxylation sites is 1. The fourth-order valence-electron chi connectivity index (χ4n) is 2.36. The molecule has 0 aliphatic carbocycles. The Bertz CT molecular complexity index is 789. The smallest absolute Gasteiger partial charge is 0.282 e. The maximum Gasteiger partial charge on any atom is 0.282 e. The van der Waals surface area contributed by atoms with Crippen LogP contribution in [0.2, 0.25) is 0 Å². The van der Waals surface area contributed by atoms with E-state index in [1.807, 2.05) is 36.4 Å². The van der Waals surface area contributed by atoms with Gasteiger partial charge in [-0.1, -0.05) is 25.1 Å². The van der Waals surface area contributed by atoms with Crippen LogP contribution in [0, 0.1) is 0 Å². The number of aromatic nitrogens is 3. The molecule has 1 N–H and O–H groups in total. The van der Waals surface area contributed by atoms with Crippen molar-refractivity contribution in [1.29, 1.82) is 0 Å². The van der Waals surface area contributed by atoms with Crippen LogP contribution in [0.1, 0.15) is 19.2 Å². The predicted octanol–water partition coefficient (Wildman–Crippen LogP) is 1.98. The Balaban J connectivity index is 2.16. The molecule has 0 saturated carbocycles. The van der Waals surface area contributed by atoms with E-state index in [0.29, 0.717) is 17.9 Å². The summed E-state index contributed by atoms with van der Waals surface area (Å²) in [6.07, 6.45) is 2.84. The Morgan fingerprint density at radius 3 is 2.71 bits per heavy atom. The first-order chi connectivity index (χ1) is 10.3. The zero-order valence-corrected chi connectivity index (χ0v) is 12.0. The zero-order chi connectivity index (χ0) is 14.7. The van der Waals surface area contributed by atoms with Gasteiger partial charge < -0.3 is 5.32 Å².